The summed E-state index contributed by atoms with van der Waals surface area (Å²) >= 11 is 0. The maximum Gasteiger partial charge on any atom is 0.155 e. The Bertz CT molecular complexity index is 449. The molecule has 3 heteroatoms. The van der Waals surface area contributed by atoms with Crippen LogP contribution in [0.4, 0.5) is 0 Å². The van der Waals surface area contributed by atoms with Crippen LogP contribution in [0.15, 0.2) is 24.5 Å². The molecule has 1 saturated heterocycles. The lowest BCUT2D eigenvalue weighted by molar-refractivity contribution is -0.176. The molecule has 2 saturated carbocycles. The summed E-state index contributed by atoms with van der Waals surface area (Å²) in [5.41, 5.74) is 1.46. The second kappa shape index (κ2) is 3.78. The summed E-state index contributed by atoms with van der Waals surface area (Å²) in [6.45, 7) is 0.719. The van der Waals surface area contributed by atoms with Gasteiger partial charge < -0.3 is 9.84 Å². The first-order valence-corrected chi connectivity index (χ1v) is 7.01. The molecule has 1 aromatic heterocycles. The summed E-state index contributed by atoms with van der Waals surface area (Å²) in [7, 11) is 0. The Labute approximate surface area is 107 Å². The van der Waals surface area contributed by atoms with E-state index in [1.807, 2.05) is 18.5 Å². The van der Waals surface area contributed by atoms with Crippen LogP contribution in [0, 0.1) is 17.8 Å². The maximum absolute atomic E-state index is 9.97. The van der Waals surface area contributed by atoms with Gasteiger partial charge in [0.1, 0.15) is 0 Å². The van der Waals surface area contributed by atoms with Crippen LogP contribution in [0.1, 0.15) is 31.2 Å². The van der Waals surface area contributed by atoms with Gasteiger partial charge in [0.2, 0.25) is 0 Å². The lowest BCUT2D eigenvalue weighted by atomic mass is 9.60. The Kier molecular flexibility index (Phi) is 2.30. The van der Waals surface area contributed by atoms with Crippen molar-refractivity contribution in [3.8, 4) is 0 Å². The number of aliphatic hydroxyl groups excluding tert-OH is 1. The van der Waals surface area contributed by atoms with Crippen LogP contribution >= 0.6 is 0 Å². The molecule has 5 atom stereocenters. The Morgan fingerprint density at radius 2 is 2.33 bits per heavy atom. The first kappa shape index (κ1) is 10.9. The van der Waals surface area contributed by atoms with Gasteiger partial charge in [-0.25, -0.2) is 0 Å². The van der Waals surface area contributed by atoms with Crippen molar-refractivity contribution in [2.75, 3.05) is 6.61 Å². The minimum atomic E-state index is -0.596. The molecule has 4 rings (SSSR count). The van der Waals surface area contributed by atoms with E-state index in [1.165, 1.54) is 24.8 Å². The Morgan fingerprint density at radius 1 is 1.39 bits per heavy atom. The zero-order valence-electron chi connectivity index (χ0n) is 10.5. The minimum Gasteiger partial charge on any atom is -0.368 e. The van der Waals surface area contributed by atoms with Crippen molar-refractivity contribution in [1.29, 1.82) is 0 Å². The van der Waals surface area contributed by atoms with Gasteiger partial charge >= 0.3 is 0 Å². The van der Waals surface area contributed by atoms with Crippen molar-refractivity contribution in [2.45, 2.75) is 37.4 Å². The van der Waals surface area contributed by atoms with Gasteiger partial charge in [-0.05, 0) is 48.6 Å². The number of nitrogens with zero attached hydrogens (tertiary/aromatic N) is 1. The van der Waals surface area contributed by atoms with Gasteiger partial charge in [0.15, 0.2) is 6.29 Å². The van der Waals surface area contributed by atoms with Crippen LogP contribution in [0.3, 0.4) is 0 Å². The molecule has 0 radical (unpaired) electrons. The Balaban J connectivity index is 1.83. The number of rotatable bonds is 1. The summed E-state index contributed by atoms with van der Waals surface area (Å²) in [5, 5.41) is 9.97. The van der Waals surface area contributed by atoms with Crippen molar-refractivity contribution in [3.63, 3.8) is 0 Å². The molecular formula is C15H19NO2. The number of hydrogen-bond donors (Lipinski definition) is 1. The maximum atomic E-state index is 9.97. The molecule has 1 aromatic rings. The fourth-order valence-electron chi connectivity index (χ4n) is 4.94. The SMILES string of the molecule is O[C@@H]1C[C@@]2(c3cccnc3)[C@H]3CC[C@@H](C3)[C@H]2CO1. The first-order chi connectivity index (χ1) is 8.80. The number of ether oxygens (including phenoxy) is 1. The van der Waals surface area contributed by atoms with Gasteiger partial charge in [-0.3, -0.25) is 4.98 Å². The number of aromatic nitrogens is 1. The van der Waals surface area contributed by atoms with E-state index >= 15 is 0 Å². The van der Waals surface area contributed by atoms with E-state index in [4.69, 9.17) is 4.74 Å². The highest BCUT2D eigenvalue weighted by Crippen LogP contribution is 2.63. The lowest BCUT2D eigenvalue weighted by Gasteiger charge is -2.48. The van der Waals surface area contributed by atoms with Gasteiger partial charge in [0.05, 0.1) is 6.61 Å². The monoisotopic (exact) mass is 245 g/mol. The largest absolute Gasteiger partial charge is 0.368 e. The first-order valence-electron chi connectivity index (χ1n) is 7.01. The zero-order chi connectivity index (χ0) is 12.2. The molecule has 0 unspecified atom stereocenters. The number of aliphatic hydroxyl groups is 1. The van der Waals surface area contributed by atoms with Gasteiger partial charge in [-0.2, -0.15) is 0 Å². The topological polar surface area (TPSA) is 42.4 Å². The average Bonchev–Trinajstić information content (AvgIpc) is 3.00. The third-order valence-corrected chi connectivity index (χ3v) is 5.61. The number of pyridine rings is 1. The fraction of sp³-hybridized carbons (Fsp3) is 0.667. The van der Waals surface area contributed by atoms with Gasteiger partial charge in [-0.1, -0.05) is 6.07 Å². The number of hydrogen-bond acceptors (Lipinski definition) is 3. The molecule has 2 heterocycles. The minimum absolute atomic E-state index is 0.134. The van der Waals surface area contributed by atoms with E-state index in [0.717, 1.165) is 24.9 Å². The molecule has 0 aromatic carbocycles. The molecule has 3 fully saturated rings. The lowest BCUT2D eigenvalue weighted by Crippen LogP contribution is -2.50. The molecule has 0 amide bonds. The van der Waals surface area contributed by atoms with Crippen molar-refractivity contribution < 1.29 is 9.84 Å². The van der Waals surface area contributed by atoms with Crippen LogP contribution in [0.2, 0.25) is 0 Å². The second-order valence-corrected chi connectivity index (χ2v) is 6.15. The van der Waals surface area contributed by atoms with Gasteiger partial charge in [-0.15, -0.1) is 0 Å². The second-order valence-electron chi connectivity index (χ2n) is 6.15. The van der Waals surface area contributed by atoms with Crippen molar-refractivity contribution >= 4 is 0 Å². The summed E-state index contributed by atoms with van der Waals surface area (Å²) in [6.07, 6.45) is 7.96. The van der Waals surface area contributed by atoms with Crippen LogP contribution in [-0.4, -0.2) is 23.0 Å². The molecule has 3 nitrogen and oxygen atoms in total. The van der Waals surface area contributed by atoms with Crippen molar-refractivity contribution in [1.82, 2.24) is 4.98 Å². The van der Waals surface area contributed by atoms with Crippen LogP contribution in [0.25, 0.3) is 0 Å². The van der Waals surface area contributed by atoms with E-state index in [-0.39, 0.29) is 5.41 Å². The molecule has 96 valence electrons. The quantitative estimate of drug-likeness (QED) is 0.824. The Morgan fingerprint density at radius 3 is 3.17 bits per heavy atom. The molecule has 0 spiro atoms. The normalized spacial score (nSPS) is 46.1. The summed E-state index contributed by atoms with van der Waals surface area (Å²) < 4.78 is 5.53. The third kappa shape index (κ3) is 1.29. The Hall–Kier alpha value is -0.930. The summed E-state index contributed by atoms with van der Waals surface area (Å²) in [5.74, 6) is 2.10. The van der Waals surface area contributed by atoms with E-state index in [1.54, 1.807) is 0 Å². The van der Waals surface area contributed by atoms with Crippen LogP contribution in [0.5, 0.6) is 0 Å². The molecule has 3 aliphatic rings. The molecule has 2 aliphatic carbocycles. The molecule has 1 aliphatic heterocycles. The van der Waals surface area contributed by atoms with E-state index in [2.05, 4.69) is 11.1 Å². The summed E-state index contributed by atoms with van der Waals surface area (Å²) in [6, 6.07) is 4.22. The van der Waals surface area contributed by atoms with Crippen molar-refractivity contribution in [3.05, 3.63) is 30.1 Å². The van der Waals surface area contributed by atoms with Gasteiger partial charge in [0, 0.05) is 24.2 Å². The smallest absolute Gasteiger partial charge is 0.155 e. The molecule has 2 bridgehead atoms. The van der Waals surface area contributed by atoms with Crippen LogP contribution in [-0.2, 0) is 10.2 Å². The van der Waals surface area contributed by atoms with Gasteiger partial charge in [0.25, 0.3) is 0 Å². The van der Waals surface area contributed by atoms with Crippen molar-refractivity contribution in [2.24, 2.45) is 17.8 Å². The predicted octanol–water partition coefficient (Wildman–Crippen LogP) is 2.10. The molecule has 1 N–H and O–H groups in total. The summed E-state index contributed by atoms with van der Waals surface area (Å²) in [4.78, 5) is 4.30. The molecular weight excluding hydrogens is 226 g/mol. The third-order valence-electron chi connectivity index (χ3n) is 5.61. The molecule has 18 heavy (non-hydrogen) atoms. The van der Waals surface area contributed by atoms with E-state index in [0.29, 0.717) is 5.92 Å². The highest BCUT2D eigenvalue weighted by molar-refractivity contribution is 5.30. The van der Waals surface area contributed by atoms with E-state index in [9.17, 15) is 5.11 Å². The number of fused-ring (bicyclic) bond motifs is 5. The highest BCUT2D eigenvalue weighted by atomic mass is 16.6. The highest BCUT2D eigenvalue weighted by Gasteiger charge is 2.61. The van der Waals surface area contributed by atoms with Crippen LogP contribution < -0.4 is 0 Å². The fourth-order valence-corrected chi connectivity index (χ4v) is 4.94. The standard InChI is InChI=1S/C15H19NO2/c17-14-7-15(12-2-1-5-16-8-12)11-4-3-10(6-11)13(15)9-18-14/h1-2,5,8,10-11,13-14,17H,3-4,6-7,9H2/t10-,11-,13+,14-,15-/m0/s1. The predicted molar refractivity (Wildman–Crippen MR) is 66.8 cm³/mol. The average molecular weight is 245 g/mol. The zero-order valence-corrected chi connectivity index (χ0v) is 10.5. The van der Waals surface area contributed by atoms with E-state index < -0.39 is 6.29 Å².